The maximum Gasteiger partial charge on any atom is 0.320 e. The maximum atomic E-state index is 10.9. The van der Waals surface area contributed by atoms with E-state index in [1.807, 2.05) is 0 Å². The molecule has 2 atom stereocenters. The molecule has 0 aliphatic carbocycles. The van der Waals surface area contributed by atoms with Gasteiger partial charge in [0.1, 0.15) is 17.5 Å². The Labute approximate surface area is 124 Å². The zero-order chi connectivity index (χ0) is 15.8. The van der Waals surface area contributed by atoms with Gasteiger partial charge in [-0.15, -0.1) is 0 Å². The molecular weight excluding hydrogens is 274 g/mol. The van der Waals surface area contributed by atoms with Gasteiger partial charge >= 0.3 is 5.97 Å². The van der Waals surface area contributed by atoms with Gasteiger partial charge < -0.3 is 25.0 Å². The predicted octanol–water partition coefficient (Wildman–Crippen LogP) is 1.58. The minimum absolute atomic E-state index is 0.382. The van der Waals surface area contributed by atoms with E-state index in [-0.39, 0.29) is 0 Å². The van der Waals surface area contributed by atoms with Crippen LogP contribution in [0.2, 0.25) is 0 Å². The smallest absolute Gasteiger partial charge is 0.320 e. The normalized spacial score (nSPS) is 13.5. The lowest BCUT2D eigenvalue weighted by Gasteiger charge is -2.17. The average Bonchev–Trinajstić information content (AvgIpc) is 2.50. The number of rotatable bonds is 9. The van der Waals surface area contributed by atoms with Crippen LogP contribution in [-0.2, 0) is 4.79 Å². The topological polar surface area (TPSA) is 88.0 Å². The standard InChI is InChI=1S/C15H23NO5/c1-4-12(15(18)19)16-8-7-13(17)11-9-10(20-2)5-6-14(11)21-3/h5-6,9,12-13,16-17H,4,7-8H2,1-3H3,(H,18,19). The Hall–Kier alpha value is -1.79. The number of aliphatic hydroxyl groups excluding tert-OH is 1. The van der Waals surface area contributed by atoms with Gasteiger partial charge in [0.15, 0.2) is 0 Å². The highest BCUT2D eigenvalue weighted by molar-refractivity contribution is 5.73. The molecule has 0 saturated heterocycles. The number of nitrogens with one attached hydrogen (secondary N) is 1. The van der Waals surface area contributed by atoms with Gasteiger partial charge in [-0.05, 0) is 37.6 Å². The summed E-state index contributed by atoms with van der Waals surface area (Å²) < 4.78 is 10.4. The molecular formula is C15H23NO5. The highest BCUT2D eigenvalue weighted by Crippen LogP contribution is 2.30. The highest BCUT2D eigenvalue weighted by Gasteiger charge is 2.17. The average molecular weight is 297 g/mol. The van der Waals surface area contributed by atoms with Gasteiger partial charge in [0.2, 0.25) is 0 Å². The van der Waals surface area contributed by atoms with Crippen molar-refractivity contribution in [2.45, 2.75) is 31.9 Å². The molecule has 0 aliphatic heterocycles. The second-order valence-electron chi connectivity index (χ2n) is 4.67. The molecule has 1 rings (SSSR count). The summed E-state index contributed by atoms with van der Waals surface area (Å²) in [4.78, 5) is 10.9. The summed E-state index contributed by atoms with van der Waals surface area (Å²) in [5, 5.41) is 22.1. The molecule has 0 bridgehead atoms. The maximum absolute atomic E-state index is 10.9. The quantitative estimate of drug-likeness (QED) is 0.641. The van der Waals surface area contributed by atoms with E-state index in [9.17, 15) is 9.90 Å². The van der Waals surface area contributed by atoms with E-state index in [0.29, 0.717) is 36.4 Å². The molecule has 118 valence electrons. The van der Waals surface area contributed by atoms with E-state index in [0.717, 1.165) is 0 Å². The highest BCUT2D eigenvalue weighted by atomic mass is 16.5. The van der Waals surface area contributed by atoms with Crippen molar-refractivity contribution in [3.05, 3.63) is 23.8 Å². The third-order valence-electron chi connectivity index (χ3n) is 3.31. The number of benzene rings is 1. The molecule has 0 aromatic heterocycles. The van der Waals surface area contributed by atoms with Crippen molar-refractivity contribution in [1.29, 1.82) is 0 Å². The third-order valence-corrected chi connectivity index (χ3v) is 3.31. The fraction of sp³-hybridized carbons (Fsp3) is 0.533. The largest absolute Gasteiger partial charge is 0.497 e. The first-order valence-corrected chi connectivity index (χ1v) is 6.89. The molecule has 1 aromatic carbocycles. The number of carbonyl (C=O) groups is 1. The minimum atomic E-state index is -0.883. The molecule has 2 unspecified atom stereocenters. The molecule has 0 radical (unpaired) electrons. The monoisotopic (exact) mass is 297 g/mol. The van der Waals surface area contributed by atoms with Crippen LogP contribution in [0.1, 0.15) is 31.4 Å². The van der Waals surface area contributed by atoms with Gasteiger partial charge in [0.05, 0.1) is 20.3 Å². The summed E-state index contributed by atoms with van der Waals surface area (Å²) in [6.07, 6.45) is 0.121. The van der Waals surface area contributed by atoms with Crippen LogP contribution >= 0.6 is 0 Å². The second kappa shape index (κ2) is 8.49. The molecule has 0 saturated carbocycles. The van der Waals surface area contributed by atoms with Gasteiger partial charge in [0, 0.05) is 5.56 Å². The van der Waals surface area contributed by atoms with E-state index < -0.39 is 18.1 Å². The number of aliphatic carboxylic acids is 1. The van der Waals surface area contributed by atoms with Crippen LogP contribution < -0.4 is 14.8 Å². The van der Waals surface area contributed by atoms with Crippen LogP contribution in [-0.4, -0.2) is 43.0 Å². The Morgan fingerprint density at radius 2 is 2.05 bits per heavy atom. The first-order valence-electron chi connectivity index (χ1n) is 6.89. The summed E-state index contributed by atoms with van der Waals surface area (Å²) in [7, 11) is 3.09. The number of ether oxygens (including phenoxy) is 2. The molecule has 6 heteroatoms. The van der Waals surface area contributed by atoms with E-state index in [2.05, 4.69) is 5.32 Å². The van der Waals surface area contributed by atoms with Crippen molar-refractivity contribution in [3.63, 3.8) is 0 Å². The van der Waals surface area contributed by atoms with Gasteiger partial charge in [-0.1, -0.05) is 6.92 Å². The van der Waals surface area contributed by atoms with Crippen LogP contribution in [0.25, 0.3) is 0 Å². The number of methoxy groups -OCH3 is 2. The lowest BCUT2D eigenvalue weighted by atomic mass is 10.0. The SMILES string of the molecule is CCC(NCCC(O)c1cc(OC)ccc1OC)C(=O)O. The van der Waals surface area contributed by atoms with Gasteiger partial charge in [-0.3, -0.25) is 4.79 Å². The van der Waals surface area contributed by atoms with Gasteiger partial charge in [-0.2, -0.15) is 0 Å². The molecule has 0 aliphatic rings. The van der Waals surface area contributed by atoms with Crippen molar-refractivity contribution >= 4 is 5.97 Å². The minimum Gasteiger partial charge on any atom is -0.497 e. The zero-order valence-electron chi connectivity index (χ0n) is 12.6. The van der Waals surface area contributed by atoms with E-state index >= 15 is 0 Å². The van der Waals surface area contributed by atoms with Crippen molar-refractivity contribution < 1.29 is 24.5 Å². The molecule has 0 spiro atoms. The molecule has 21 heavy (non-hydrogen) atoms. The Balaban J connectivity index is 2.66. The summed E-state index contributed by atoms with van der Waals surface area (Å²) in [5.41, 5.74) is 0.627. The van der Waals surface area contributed by atoms with Gasteiger partial charge in [-0.25, -0.2) is 0 Å². The molecule has 0 amide bonds. The Bertz CT molecular complexity index is 463. The van der Waals surface area contributed by atoms with Crippen LogP contribution in [0.4, 0.5) is 0 Å². The Morgan fingerprint density at radius 3 is 2.57 bits per heavy atom. The third kappa shape index (κ3) is 4.91. The van der Waals surface area contributed by atoms with Crippen LogP contribution in [0.15, 0.2) is 18.2 Å². The van der Waals surface area contributed by atoms with Crippen molar-refractivity contribution in [2.24, 2.45) is 0 Å². The van der Waals surface area contributed by atoms with Gasteiger partial charge in [0.25, 0.3) is 0 Å². The number of hydrogen-bond donors (Lipinski definition) is 3. The molecule has 0 fully saturated rings. The lowest BCUT2D eigenvalue weighted by Crippen LogP contribution is -2.37. The Morgan fingerprint density at radius 1 is 1.33 bits per heavy atom. The lowest BCUT2D eigenvalue weighted by molar-refractivity contribution is -0.139. The molecule has 3 N–H and O–H groups in total. The number of hydrogen-bond acceptors (Lipinski definition) is 5. The molecule has 6 nitrogen and oxygen atoms in total. The first kappa shape index (κ1) is 17.3. The summed E-state index contributed by atoms with van der Waals surface area (Å²) in [6.45, 7) is 2.19. The number of carboxylic acid groups (broad SMARTS) is 1. The molecule has 1 aromatic rings. The number of aliphatic hydroxyl groups is 1. The summed E-state index contributed by atoms with van der Waals surface area (Å²) >= 11 is 0. The van der Waals surface area contributed by atoms with Crippen LogP contribution in [0, 0.1) is 0 Å². The fourth-order valence-electron chi connectivity index (χ4n) is 2.06. The molecule has 0 heterocycles. The Kier molecular flexibility index (Phi) is 6.98. The van der Waals surface area contributed by atoms with Crippen molar-refractivity contribution in [3.8, 4) is 11.5 Å². The predicted molar refractivity (Wildman–Crippen MR) is 78.8 cm³/mol. The first-order chi connectivity index (χ1) is 10.0. The summed E-state index contributed by atoms with van der Waals surface area (Å²) in [6, 6.07) is 4.61. The van der Waals surface area contributed by atoms with E-state index in [1.54, 1.807) is 32.2 Å². The zero-order valence-corrected chi connectivity index (χ0v) is 12.6. The van der Waals surface area contributed by atoms with E-state index in [4.69, 9.17) is 14.6 Å². The van der Waals surface area contributed by atoms with Crippen LogP contribution in [0.5, 0.6) is 11.5 Å². The fourth-order valence-corrected chi connectivity index (χ4v) is 2.06. The van der Waals surface area contributed by atoms with Crippen LogP contribution in [0.3, 0.4) is 0 Å². The number of carboxylic acids is 1. The summed E-state index contributed by atoms with van der Waals surface area (Å²) in [5.74, 6) is 0.328. The van der Waals surface area contributed by atoms with E-state index in [1.165, 1.54) is 7.11 Å². The van der Waals surface area contributed by atoms with Crippen molar-refractivity contribution in [2.75, 3.05) is 20.8 Å². The van der Waals surface area contributed by atoms with Crippen molar-refractivity contribution in [1.82, 2.24) is 5.32 Å². The second-order valence-corrected chi connectivity index (χ2v) is 4.67.